The van der Waals surface area contributed by atoms with E-state index in [2.05, 4.69) is 0 Å². The normalized spacial score (nSPS) is 16.7. The summed E-state index contributed by atoms with van der Waals surface area (Å²) in [6.45, 7) is 1.69. The molecule has 0 amide bonds. The van der Waals surface area contributed by atoms with Gasteiger partial charge in [0.25, 0.3) is 0 Å². The lowest BCUT2D eigenvalue weighted by molar-refractivity contribution is -0.137. The summed E-state index contributed by atoms with van der Waals surface area (Å²) in [6, 6.07) is 4.97. The molecule has 2 rings (SSSR count). The van der Waals surface area contributed by atoms with E-state index in [0.717, 1.165) is 25.0 Å². The molecule has 0 N–H and O–H groups in total. The molecule has 108 valence electrons. The first-order chi connectivity index (χ1) is 9.50. The molecule has 6 heteroatoms. The maximum absolute atomic E-state index is 12.8. The molecule has 0 unspecified atom stereocenters. The summed E-state index contributed by atoms with van der Waals surface area (Å²) in [5.41, 5.74) is -1.35. The average molecular weight is 285 g/mol. The Morgan fingerprint density at radius 1 is 1.30 bits per heavy atom. The van der Waals surface area contributed by atoms with Gasteiger partial charge in [0.2, 0.25) is 0 Å². The van der Waals surface area contributed by atoms with E-state index in [-0.39, 0.29) is 5.75 Å². The van der Waals surface area contributed by atoms with Gasteiger partial charge in [0.15, 0.2) is 0 Å². The van der Waals surface area contributed by atoms with E-state index in [9.17, 15) is 13.2 Å². The number of nitrogens with zero attached hydrogens (tertiary/aromatic N) is 1. The number of halogens is 3. The minimum absolute atomic E-state index is 0.141. The van der Waals surface area contributed by atoms with Gasteiger partial charge in [-0.25, -0.2) is 0 Å². The van der Waals surface area contributed by atoms with Crippen LogP contribution in [-0.4, -0.2) is 19.8 Å². The van der Waals surface area contributed by atoms with Crippen molar-refractivity contribution < 1.29 is 22.6 Å². The van der Waals surface area contributed by atoms with E-state index in [1.807, 2.05) is 0 Å². The molecule has 0 aliphatic carbocycles. The number of ether oxygens (including phenoxy) is 2. The summed E-state index contributed by atoms with van der Waals surface area (Å²) in [7, 11) is 0. The molecule has 1 aromatic carbocycles. The Kier molecular flexibility index (Phi) is 4.50. The summed E-state index contributed by atoms with van der Waals surface area (Å²) in [6.07, 6.45) is -2.85. The first-order valence-corrected chi connectivity index (χ1v) is 6.32. The van der Waals surface area contributed by atoms with Crippen molar-refractivity contribution in [2.24, 2.45) is 5.92 Å². The highest BCUT2D eigenvalue weighted by Crippen LogP contribution is 2.34. The van der Waals surface area contributed by atoms with Crippen LogP contribution in [0.15, 0.2) is 18.2 Å². The van der Waals surface area contributed by atoms with Crippen LogP contribution in [0.1, 0.15) is 24.0 Å². The van der Waals surface area contributed by atoms with Crippen LogP contribution >= 0.6 is 0 Å². The SMILES string of the molecule is N#Cc1ccc(OCC2CCOCC2)cc1C(F)(F)F. The van der Waals surface area contributed by atoms with Crippen LogP contribution < -0.4 is 4.74 Å². The van der Waals surface area contributed by atoms with Gasteiger partial charge in [0, 0.05) is 13.2 Å². The number of hydrogen-bond acceptors (Lipinski definition) is 3. The topological polar surface area (TPSA) is 42.2 Å². The Morgan fingerprint density at radius 3 is 2.60 bits per heavy atom. The van der Waals surface area contributed by atoms with E-state index in [4.69, 9.17) is 14.7 Å². The van der Waals surface area contributed by atoms with Gasteiger partial charge in [-0.2, -0.15) is 18.4 Å². The molecule has 1 fully saturated rings. The van der Waals surface area contributed by atoms with Crippen LogP contribution in [-0.2, 0) is 10.9 Å². The molecule has 0 bridgehead atoms. The predicted molar refractivity (Wildman–Crippen MR) is 65.2 cm³/mol. The van der Waals surface area contributed by atoms with Crippen molar-refractivity contribution in [3.05, 3.63) is 29.3 Å². The van der Waals surface area contributed by atoms with E-state index < -0.39 is 17.3 Å². The van der Waals surface area contributed by atoms with Gasteiger partial charge < -0.3 is 9.47 Å². The quantitative estimate of drug-likeness (QED) is 0.855. The van der Waals surface area contributed by atoms with Crippen LogP contribution in [0.5, 0.6) is 5.75 Å². The Bertz CT molecular complexity index is 502. The lowest BCUT2D eigenvalue weighted by Gasteiger charge is -2.22. The number of hydrogen-bond donors (Lipinski definition) is 0. The highest BCUT2D eigenvalue weighted by Gasteiger charge is 2.34. The zero-order valence-corrected chi connectivity index (χ0v) is 10.7. The third kappa shape index (κ3) is 3.64. The lowest BCUT2D eigenvalue weighted by Crippen LogP contribution is -2.21. The standard InChI is InChI=1S/C14H14F3NO2/c15-14(16,17)13-7-12(2-1-11(13)8-18)20-9-10-3-5-19-6-4-10/h1-2,7,10H,3-6,9H2. The van der Waals surface area contributed by atoms with Crippen LogP contribution in [0.2, 0.25) is 0 Å². The summed E-state index contributed by atoms with van der Waals surface area (Å²) in [5, 5.41) is 8.70. The Labute approximate surface area is 114 Å². The van der Waals surface area contributed by atoms with Crippen molar-refractivity contribution in [1.29, 1.82) is 5.26 Å². The summed E-state index contributed by atoms with van der Waals surface area (Å²) < 4.78 is 49.0. The number of benzene rings is 1. The molecule has 1 aromatic rings. The second-order valence-corrected chi connectivity index (χ2v) is 4.68. The smallest absolute Gasteiger partial charge is 0.417 e. The lowest BCUT2D eigenvalue weighted by atomic mass is 10.0. The molecular formula is C14H14F3NO2. The van der Waals surface area contributed by atoms with Crippen LogP contribution in [0.4, 0.5) is 13.2 Å². The molecule has 0 spiro atoms. The van der Waals surface area contributed by atoms with Crippen molar-refractivity contribution in [2.75, 3.05) is 19.8 Å². The molecule has 0 saturated carbocycles. The number of alkyl halides is 3. The first kappa shape index (κ1) is 14.7. The molecule has 0 radical (unpaired) electrons. The Balaban J connectivity index is 2.07. The second kappa shape index (κ2) is 6.14. The average Bonchev–Trinajstić information content (AvgIpc) is 2.45. The summed E-state index contributed by atoms with van der Waals surface area (Å²) in [4.78, 5) is 0. The van der Waals surface area contributed by atoms with Crippen LogP contribution in [0.25, 0.3) is 0 Å². The molecule has 1 aliphatic rings. The van der Waals surface area contributed by atoms with Crippen LogP contribution in [0, 0.1) is 17.2 Å². The molecular weight excluding hydrogens is 271 g/mol. The van der Waals surface area contributed by atoms with E-state index >= 15 is 0 Å². The number of nitriles is 1. The van der Waals surface area contributed by atoms with Gasteiger partial charge in [-0.3, -0.25) is 0 Å². The van der Waals surface area contributed by atoms with Gasteiger partial charge in [-0.1, -0.05) is 0 Å². The van der Waals surface area contributed by atoms with Crippen molar-refractivity contribution >= 4 is 0 Å². The highest BCUT2D eigenvalue weighted by molar-refractivity contribution is 5.44. The van der Waals surface area contributed by atoms with Crippen molar-refractivity contribution in [2.45, 2.75) is 19.0 Å². The van der Waals surface area contributed by atoms with Gasteiger partial charge in [0.05, 0.1) is 23.8 Å². The highest BCUT2D eigenvalue weighted by atomic mass is 19.4. The van der Waals surface area contributed by atoms with E-state index in [1.54, 1.807) is 6.07 Å². The fourth-order valence-corrected chi connectivity index (χ4v) is 2.07. The Morgan fingerprint density at radius 2 is 2.00 bits per heavy atom. The van der Waals surface area contributed by atoms with Crippen molar-refractivity contribution in [3.8, 4) is 11.8 Å². The largest absolute Gasteiger partial charge is 0.493 e. The zero-order chi connectivity index (χ0) is 14.6. The van der Waals surface area contributed by atoms with Crippen molar-refractivity contribution in [1.82, 2.24) is 0 Å². The van der Waals surface area contributed by atoms with Gasteiger partial charge in [-0.15, -0.1) is 0 Å². The molecule has 0 atom stereocenters. The molecule has 20 heavy (non-hydrogen) atoms. The molecule has 0 aromatic heterocycles. The van der Waals surface area contributed by atoms with Gasteiger partial charge >= 0.3 is 6.18 Å². The molecule has 1 saturated heterocycles. The summed E-state index contributed by atoms with van der Waals surface area (Å²) in [5.74, 6) is 0.441. The molecule has 3 nitrogen and oxygen atoms in total. The van der Waals surface area contributed by atoms with Gasteiger partial charge in [-0.05, 0) is 37.0 Å². The third-order valence-corrected chi connectivity index (χ3v) is 3.24. The fourth-order valence-electron chi connectivity index (χ4n) is 2.07. The van der Waals surface area contributed by atoms with E-state index in [1.165, 1.54) is 6.07 Å². The number of rotatable bonds is 3. The maximum Gasteiger partial charge on any atom is 0.417 e. The minimum Gasteiger partial charge on any atom is -0.493 e. The third-order valence-electron chi connectivity index (χ3n) is 3.24. The molecule has 1 aliphatic heterocycles. The zero-order valence-electron chi connectivity index (χ0n) is 10.7. The van der Waals surface area contributed by atoms with Crippen molar-refractivity contribution in [3.63, 3.8) is 0 Å². The van der Waals surface area contributed by atoms with E-state index in [0.29, 0.717) is 25.7 Å². The summed E-state index contributed by atoms with van der Waals surface area (Å²) >= 11 is 0. The minimum atomic E-state index is -4.55. The predicted octanol–water partition coefficient (Wildman–Crippen LogP) is 3.38. The Hall–Kier alpha value is -1.74. The van der Waals surface area contributed by atoms with Gasteiger partial charge in [0.1, 0.15) is 5.75 Å². The second-order valence-electron chi connectivity index (χ2n) is 4.68. The monoisotopic (exact) mass is 285 g/mol. The fraction of sp³-hybridized carbons (Fsp3) is 0.500. The first-order valence-electron chi connectivity index (χ1n) is 6.32. The molecule has 1 heterocycles. The van der Waals surface area contributed by atoms with Crippen LogP contribution in [0.3, 0.4) is 0 Å². The maximum atomic E-state index is 12.8.